The second-order valence-corrected chi connectivity index (χ2v) is 9.17. The summed E-state index contributed by atoms with van der Waals surface area (Å²) in [7, 11) is 0. The van der Waals surface area contributed by atoms with Gasteiger partial charge in [-0.25, -0.2) is 4.39 Å². The monoisotopic (exact) mass is 431 g/mol. The van der Waals surface area contributed by atoms with Gasteiger partial charge < -0.3 is 15.1 Å². The van der Waals surface area contributed by atoms with Crippen molar-refractivity contribution >= 4 is 17.7 Å². The summed E-state index contributed by atoms with van der Waals surface area (Å²) in [5.74, 6) is -0.504. The molecule has 0 spiro atoms. The molecule has 2 saturated heterocycles. The summed E-state index contributed by atoms with van der Waals surface area (Å²) in [6, 6.07) is 5.18. The normalized spacial score (nSPS) is 18.7. The van der Waals surface area contributed by atoms with E-state index in [1.807, 2.05) is 18.7 Å². The van der Waals surface area contributed by atoms with Gasteiger partial charge in [-0.3, -0.25) is 14.4 Å². The topological polar surface area (TPSA) is 69.7 Å². The number of halogens is 1. The summed E-state index contributed by atoms with van der Waals surface area (Å²) >= 11 is 0. The molecule has 0 aromatic heterocycles. The van der Waals surface area contributed by atoms with Crippen LogP contribution in [0.5, 0.6) is 0 Å². The fraction of sp³-hybridized carbons (Fsp3) is 0.625. The molecule has 3 rings (SSSR count). The predicted molar refractivity (Wildman–Crippen MR) is 117 cm³/mol. The van der Waals surface area contributed by atoms with Crippen molar-refractivity contribution in [2.75, 3.05) is 26.2 Å². The van der Waals surface area contributed by atoms with Crippen LogP contribution in [-0.4, -0.2) is 59.7 Å². The number of benzene rings is 1. The molecule has 0 unspecified atom stereocenters. The van der Waals surface area contributed by atoms with Crippen molar-refractivity contribution in [3.05, 3.63) is 35.6 Å². The van der Waals surface area contributed by atoms with Gasteiger partial charge in [-0.2, -0.15) is 0 Å². The molecule has 1 N–H and O–H groups in total. The molecule has 2 aliphatic heterocycles. The van der Waals surface area contributed by atoms with Crippen LogP contribution in [0.25, 0.3) is 0 Å². The Hall–Kier alpha value is -2.44. The molecule has 1 aromatic carbocycles. The lowest BCUT2D eigenvalue weighted by Gasteiger charge is -2.38. The van der Waals surface area contributed by atoms with Crippen LogP contribution in [0.2, 0.25) is 0 Å². The van der Waals surface area contributed by atoms with Gasteiger partial charge in [0.05, 0.1) is 0 Å². The number of hydrogen-bond acceptors (Lipinski definition) is 3. The molecule has 31 heavy (non-hydrogen) atoms. The molecular weight excluding hydrogens is 397 g/mol. The molecule has 2 heterocycles. The minimum Gasteiger partial charge on any atom is -0.344 e. The summed E-state index contributed by atoms with van der Waals surface area (Å²) in [4.78, 5) is 42.1. The second-order valence-electron chi connectivity index (χ2n) is 9.17. The van der Waals surface area contributed by atoms with Crippen LogP contribution in [0.15, 0.2) is 24.3 Å². The maximum absolute atomic E-state index is 13.5. The Balaban J connectivity index is 1.66. The zero-order valence-corrected chi connectivity index (χ0v) is 18.6. The minimum absolute atomic E-state index is 0.00622. The molecule has 0 radical (unpaired) electrons. The van der Waals surface area contributed by atoms with Crippen molar-refractivity contribution in [1.82, 2.24) is 15.1 Å². The molecule has 7 heteroatoms. The van der Waals surface area contributed by atoms with Gasteiger partial charge in [0.1, 0.15) is 11.9 Å². The van der Waals surface area contributed by atoms with E-state index in [0.717, 1.165) is 32.4 Å². The molecule has 0 bridgehead atoms. The van der Waals surface area contributed by atoms with Crippen LogP contribution in [0.4, 0.5) is 4.39 Å². The Bertz CT molecular complexity index is 784. The predicted octanol–water partition coefficient (Wildman–Crippen LogP) is 3.22. The van der Waals surface area contributed by atoms with Gasteiger partial charge in [-0.1, -0.05) is 19.9 Å². The van der Waals surface area contributed by atoms with Crippen molar-refractivity contribution in [3.63, 3.8) is 0 Å². The summed E-state index contributed by atoms with van der Waals surface area (Å²) in [5, 5.41) is 3.02. The van der Waals surface area contributed by atoms with E-state index in [4.69, 9.17) is 0 Å². The average molecular weight is 432 g/mol. The van der Waals surface area contributed by atoms with Crippen molar-refractivity contribution < 1.29 is 18.8 Å². The van der Waals surface area contributed by atoms with Crippen molar-refractivity contribution in [1.29, 1.82) is 0 Å². The lowest BCUT2D eigenvalue weighted by Crippen LogP contribution is -2.55. The summed E-state index contributed by atoms with van der Waals surface area (Å²) < 4.78 is 13.5. The first kappa shape index (κ1) is 23.2. The highest BCUT2D eigenvalue weighted by Crippen LogP contribution is 2.25. The average Bonchev–Trinajstić information content (AvgIpc) is 2.77. The van der Waals surface area contributed by atoms with E-state index in [2.05, 4.69) is 5.32 Å². The fourth-order valence-corrected chi connectivity index (χ4v) is 4.54. The smallest absolute Gasteiger partial charge is 0.253 e. The molecule has 6 nitrogen and oxygen atoms in total. The third kappa shape index (κ3) is 6.28. The number of carbonyl (C=O) groups excluding carboxylic acids is 3. The van der Waals surface area contributed by atoms with E-state index in [-0.39, 0.29) is 29.6 Å². The molecular formula is C24H34FN3O3. The van der Waals surface area contributed by atoms with Crippen LogP contribution in [0, 0.1) is 17.7 Å². The van der Waals surface area contributed by atoms with Crippen LogP contribution in [-0.2, 0) is 9.59 Å². The van der Waals surface area contributed by atoms with Crippen molar-refractivity contribution in [2.24, 2.45) is 11.8 Å². The lowest BCUT2D eigenvalue weighted by atomic mass is 9.87. The van der Waals surface area contributed by atoms with E-state index in [1.54, 1.807) is 11.0 Å². The number of nitrogens with zero attached hydrogens (tertiary/aromatic N) is 2. The molecule has 170 valence electrons. The first-order valence-electron chi connectivity index (χ1n) is 11.5. The lowest BCUT2D eigenvalue weighted by molar-refractivity contribution is -0.139. The number of piperidine rings is 2. The van der Waals surface area contributed by atoms with E-state index >= 15 is 0 Å². The largest absolute Gasteiger partial charge is 0.344 e. The van der Waals surface area contributed by atoms with Crippen LogP contribution in [0.3, 0.4) is 0 Å². The number of nitrogens with one attached hydrogen (secondary N) is 1. The van der Waals surface area contributed by atoms with Gasteiger partial charge >= 0.3 is 0 Å². The van der Waals surface area contributed by atoms with Crippen molar-refractivity contribution in [3.8, 4) is 0 Å². The standard InChI is InChI=1S/C24H34FN3O3/c1-17(2)15-21(29)26-22(24(31)27-11-4-3-5-12-27)18-9-13-28(14-10-18)23(30)19-7-6-8-20(25)16-19/h6-8,16-18,22H,3-5,9-15H2,1-2H3,(H,26,29)/t22-/m0/s1. The minimum atomic E-state index is -0.546. The quantitative estimate of drug-likeness (QED) is 0.752. The fourth-order valence-electron chi connectivity index (χ4n) is 4.54. The molecule has 0 aliphatic carbocycles. The van der Waals surface area contributed by atoms with Crippen LogP contribution >= 0.6 is 0 Å². The first-order chi connectivity index (χ1) is 14.8. The Labute approximate surface area is 184 Å². The Kier molecular flexibility index (Phi) is 8.04. The van der Waals surface area contributed by atoms with E-state index in [0.29, 0.717) is 37.9 Å². The van der Waals surface area contributed by atoms with Gasteiger partial charge in [0.2, 0.25) is 11.8 Å². The summed E-state index contributed by atoms with van der Waals surface area (Å²) in [5.41, 5.74) is 0.338. The Morgan fingerprint density at radius 3 is 2.32 bits per heavy atom. The second kappa shape index (κ2) is 10.7. The number of amides is 3. The SMILES string of the molecule is CC(C)CC(=O)N[C@H](C(=O)N1CCCCC1)C1CCN(C(=O)c2cccc(F)c2)CC1. The van der Waals surface area contributed by atoms with E-state index in [1.165, 1.54) is 18.2 Å². The van der Waals surface area contributed by atoms with E-state index in [9.17, 15) is 18.8 Å². The molecule has 2 aliphatic rings. The number of likely N-dealkylation sites (tertiary alicyclic amines) is 2. The molecule has 1 aromatic rings. The molecule has 0 saturated carbocycles. The summed E-state index contributed by atoms with van der Waals surface area (Å²) in [6.45, 7) is 6.43. The van der Waals surface area contributed by atoms with Gasteiger partial charge in [0.15, 0.2) is 0 Å². The number of carbonyl (C=O) groups is 3. The number of rotatable bonds is 6. The highest BCUT2D eigenvalue weighted by atomic mass is 19.1. The molecule has 2 fully saturated rings. The van der Waals surface area contributed by atoms with Gasteiger partial charge in [-0.15, -0.1) is 0 Å². The first-order valence-corrected chi connectivity index (χ1v) is 11.5. The number of hydrogen-bond donors (Lipinski definition) is 1. The van der Waals surface area contributed by atoms with Gasteiger partial charge in [-0.05, 0) is 62.1 Å². The Morgan fingerprint density at radius 1 is 1.03 bits per heavy atom. The third-order valence-electron chi connectivity index (χ3n) is 6.21. The van der Waals surface area contributed by atoms with E-state index < -0.39 is 11.9 Å². The van der Waals surface area contributed by atoms with Crippen LogP contribution < -0.4 is 5.32 Å². The maximum Gasteiger partial charge on any atom is 0.253 e. The van der Waals surface area contributed by atoms with Gasteiger partial charge in [0.25, 0.3) is 5.91 Å². The summed E-state index contributed by atoms with van der Waals surface area (Å²) in [6.07, 6.45) is 4.79. The zero-order valence-electron chi connectivity index (χ0n) is 18.6. The zero-order chi connectivity index (χ0) is 22.4. The van der Waals surface area contributed by atoms with Gasteiger partial charge in [0, 0.05) is 38.2 Å². The Morgan fingerprint density at radius 2 is 1.71 bits per heavy atom. The van der Waals surface area contributed by atoms with Crippen molar-refractivity contribution in [2.45, 2.75) is 58.4 Å². The molecule has 1 atom stereocenters. The maximum atomic E-state index is 13.5. The third-order valence-corrected chi connectivity index (χ3v) is 6.21. The highest BCUT2D eigenvalue weighted by molar-refractivity contribution is 5.94. The van der Waals surface area contributed by atoms with Crippen LogP contribution in [0.1, 0.15) is 62.7 Å². The highest BCUT2D eigenvalue weighted by Gasteiger charge is 2.36. The molecule has 3 amide bonds.